The zero-order chi connectivity index (χ0) is 13.6. The normalized spacial score (nSPS) is 11.5. The summed E-state index contributed by atoms with van der Waals surface area (Å²) in [6.07, 6.45) is 0. The van der Waals surface area contributed by atoms with Crippen molar-refractivity contribution in [3.63, 3.8) is 0 Å². The van der Waals surface area contributed by atoms with Crippen molar-refractivity contribution in [1.82, 2.24) is 0 Å². The summed E-state index contributed by atoms with van der Waals surface area (Å²) in [5.74, 6) is 0. The zero-order valence-electron chi connectivity index (χ0n) is 11.5. The molecule has 0 N–H and O–H groups in total. The topological polar surface area (TPSA) is 18.5 Å². The van der Waals surface area contributed by atoms with Gasteiger partial charge >= 0.3 is 120 Å². The molecule has 0 bridgehead atoms. The molecule has 100 valence electrons. The van der Waals surface area contributed by atoms with E-state index < -0.39 is 19.2 Å². The molecular formula is C16H20O2Sn. The predicted molar refractivity (Wildman–Crippen MR) is 79.9 cm³/mol. The summed E-state index contributed by atoms with van der Waals surface area (Å²) in [6.45, 7) is 1.30. The molecule has 0 fully saturated rings. The van der Waals surface area contributed by atoms with E-state index in [9.17, 15) is 0 Å². The first-order chi connectivity index (χ1) is 9.16. The van der Waals surface area contributed by atoms with E-state index >= 15 is 0 Å². The third kappa shape index (κ3) is 5.35. The van der Waals surface area contributed by atoms with Gasteiger partial charge in [-0.1, -0.05) is 0 Å². The molecular weight excluding hydrogens is 343 g/mol. The summed E-state index contributed by atoms with van der Waals surface area (Å²) in [4.78, 5) is 4.31. The fourth-order valence-corrected chi connectivity index (χ4v) is 4.88. The van der Waals surface area contributed by atoms with Gasteiger partial charge in [0.15, 0.2) is 0 Å². The van der Waals surface area contributed by atoms with Gasteiger partial charge in [-0.3, -0.25) is 0 Å². The molecule has 0 saturated heterocycles. The molecule has 2 rings (SSSR count). The molecule has 0 heterocycles. The van der Waals surface area contributed by atoms with Crippen LogP contribution in [0.3, 0.4) is 0 Å². The average molecular weight is 363 g/mol. The maximum absolute atomic E-state index is 6.03. The Bertz CT molecular complexity index is 437. The van der Waals surface area contributed by atoms with Crippen LogP contribution in [0, 0.1) is 0 Å². The maximum atomic E-state index is 6.03. The average Bonchev–Trinajstić information content (AvgIpc) is 2.46. The molecule has 3 heteroatoms. The molecule has 0 aliphatic rings. The molecule has 0 amide bonds. The van der Waals surface area contributed by atoms with Gasteiger partial charge in [0.25, 0.3) is 0 Å². The molecule has 2 aromatic carbocycles. The second-order valence-electron chi connectivity index (χ2n) is 4.95. The second kappa shape index (κ2) is 7.08. The molecule has 0 unspecified atom stereocenters. The van der Waals surface area contributed by atoms with Crippen molar-refractivity contribution < 1.29 is 6.15 Å². The van der Waals surface area contributed by atoms with Crippen molar-refractivity contribution in [2.75, 3.05) is 0 Å². The molecule has 2 nitrogen and oxygen atoms in total. The molecule has 0 radical (unpaired) electrons. The molecule has 2 aromatic rings. The van der Waals surface area contributed by atoms with Crippen LogP contribution in [-0.4, -0.2) is 19.2 Å². The molecule has 0 aliphatic carbocycles. The molecule has 0 spiro atoms. The second-order valence-corrected chi connectivity index (χ2v) is 14.6. The standard InChI is InChI=1S/2C7H7O.2CH3.Sn/c2*8-6-7-4-2-1-3-5-7;;;/h2*1-5H,6H2;2*1H3;/q2*-1;;;+2. The fourth-order valence-electron chi connectivity index (χ4n) is 1.70. The van der Waals surface area contributed by atoms with Gasteiger partial charge in [0.2, 0.25) is 0 Å². The van der Waals surface area contributed by atoms with Crippen molar-refractivity contribution in [2.24, 2.45) is 0 Å². The SMILES string of the molecule is [CH3][Sn]([CH3])([O]Cc1ccccc1)[O]Cc1ccccc1. The van der Waals surface area contributed by atoms with Crippen LogP contribution < -0.4 is 0 Å². The van der Waals surface area contributed by atoms with Crippen LogP contribution >= 0.6 is 0 Å². The molecule has 0 aromatic heterocycles. The van der Waals surface area contributed by atoms with E-state index in [4.69, 9.17) is 6.15 Å². The van der Waals surface area contributed by atoms with Gasteiger partial charge in [-0.2, -0.15) is 0 Å². The van der Waals surface area contributed by atoms with Crippen molar-refractivity contribution >= 4 is 19.2 Å². The van der Waals surface area contributed by atoms with E-state index in [0.29, 0.717) is 13.2 Å². The van der Waals surface area contributed by atoms with Crippen LogP contribution in [0.1, 0.15) is 11.1 Å². The molecule has 0 saturated carbocycles. The first-order valence-corrected chi connectivity index (χ1v) is 14.6. The quantitative estimate of drug-likeness (QED) is 0.719. The van der Waals surface area contributed by atoms with E-state index in [1.54, 1.807) is 0 Å². The summed E-state index contributed by atoms with van der Waals surface area (Å²) in [5.41, 5.74) is 2.41. The third-order valence-electron chi connectivity index (χ3n) is 2.86. The number of hydrogen-bond acceptors (Lipinski definition) is 2. The van der Waals surface area contributed by atoms with Crippen LogP contribution in [-0.2, 0) is 19.4 Å². The number of benzene rings is 2. The van der Waals surface area contributed by atoms with Crippen LogP contribution in [0.4, 0.5) is 0 Å². The van der Waals surface area contributed by atoms with Crippen molar-refractivity contribution in [3.05, 3.63) is 71.8 Å². The zero-order valence-corrected chi connectivity index (χ0v) is 14.4. The van der Waals surface area contributed by atoms with Gasteiger partial charge in [-0.15, -0.1) is 0 Å². The number of hydrogen-bond donors (Lipinski definition) is 0. The summed E-state index contributed by atoms with van der Waals surface area (Å²) < 4.78 is 12.1. The van der Waals surface area contributed by atoms with Gasteiger partial charge in [-0.05, 0) is 0 Å². The van der Waals surface area contributed by atoms with Gasteiger partial charge in [-0.25, -0.2) is 0 Å². The monoisotopic (exact) mass is 364 g/mol. The predicted octanol–water partition coefficient (Wildman–Crippen LogP) is 4.12. The molecule has 19 heavy (non-hydrogen) atoms. The number of rotatable bonds is 6. The third-order valence-corrected chi connectivity index (χ3v) is 7.65. The summed E-state index contributed by atoms with van der Waals surface area (Å²) in [5, 5.41) is 0. The Morgan fingerprint density at radius 1 is 0.684 bits per heavy atom. The van der Waals surface area contributed by atoms with Crippen molar-refractivity contribution in [3.8, 4) is 0 Å². The van der Waals surface area contributed by atoms with E-state index in [2.05, 4.69) is 34.1 Å². The van der Waals surface area contributed by atoms with Gasteiger partial charge < -0.3 is 0 Å². The van der Waals surface area contributed by atoms with Crippen LogP contribution in [0.15, 0.2) is 60.7 Å². The van der Waals surface area contributed by atoms with Crippen LogP contribution in [0.2, 0.25) is 9.88 Å². The van der Waals surface area contributed by atoms with Crippen molar-refractivity contribution in [1.29, 1.82) is 0 Å². The first-order valence-electron chi connectivity index (χ1n) is 6.51. The molecule has 0 atom stereocenters. The van der Waals surface area contributed by atoms with Crippen LogP contribution in [0.25, 0.3) is 0 Å². The van der Waals surface area contributed by atoms with E-state index in [1.807, 2.05) is 36.4 Å². The Balaban J connectivity index is 1.82. The Morgan fingerprint density at radius 2 is 1.05 bits per heavy atom. The van der Waals surface area contributed by atoms with Gasteiger partial charge in [0, 0.05) is 0 Å². The fraction of sp³-hybridized carbons (Fsp3) is 0.250. The minimum atomic E-state index is -2.83. The minimum absolute atomic E-state index is 0.651. The first kappa shape index (κ1) is 14.6. The Labute approximate surface area is 120 Å². The van der Waals surface area contributed by atoms with Crippen LogP contribution in [0.5, 0.6) is 0 Å². The summed E-state index contributed by atoms with van der Waals surface area (Å²) in [6, 6.07) is 20.5. The van der Waals surface area contributed by atoms with E-state index in [-0.39, 0.29) is 0 Å². The van der Waals surface area contributed by atoms with Gasteiger partial charge in [0.1, 0.15) is 0 Å². The summed E-state index contributed by atoms with van der Waals surface area (Å²) in [7, 11) is 0. The van der Waals surface area contributed by atoms with E-state index in [0.717, 1.165) is 0 Å². The Morgan fingerprint density at radius 3 is 1.42 bits per heavy atom. The van der Waals surface area contributed by atoms with E-state index in [1.165, 1.54) is 11.1 Å². The molecule has 0 aliphatic heterocycles. The summed E-state index contributed by atoms with van der Waals surface area (Å²) >= 11 is -2.83. The Kier molecular flexibility index (Phi) is 5.43. The van der Waals surface area contributed by atoms with Crippen molar-refractivity contribution in [2.45, 2.75) is 23.1 Å². The van der Waals surface area contributed by atoms with Gasteiger partial charge in [0.05, 0.1) is 0 Å². The Hall–Kier alpha value is -0.841.